The van der Waals surface area contributed by atoms with E-state index in [0.29, 0.717) is 32.0 Å². The molecule has 2 heterocycles. The Hall–Kier alpha value is -1.50. The second kappa shape index (κ2) is 7.86. The number of ether oxygens (including phenoxy) is 1. The Labute approximate surface area is 172 Å². The molecule has 27 heavy (non-hydrogen) atoms. The number of hydrogen-bond acceptors (Lipinski definition) is 5. The zero-order valence-electron chi connectivity index (χ0n) is 15.5. The van der Waals surface area contributed by atoms with Crippen molar-refractivity contribution in [1.82, 2.24) is 4.90 Å². The molecule has 1 fully saturated rings. The van der Waals surface area contributed by atoms with E-state index in [9.17, 15) is 9.59 Å². The van der Waals surface area contributed by atoms with Crippen molar-refractivity contribution in [3.63, 3.8) is 0 Å². The van der Waals surface area contributed by atoms with Crippen molar-refractivity contribution in [3.05, 3.63) is 45.1 Å². The minimum absolute atomic E-state index is 0.114. The van der Waals surface area contributed by atoms with Crippen molar-refractivity contribution in [2.45, 2.75) is 39.0 Å². The number of benzene rings is 1. The van der Waals surface area contributed by atoms with Crippen LogP contribution in [0, 0.1) is 5.92 Å². The summed E-state index contributed by atoms with van der Waals surface area (Å²) in [5.41, 5.74) is 1.47. The predicted molar refractivity (Wildman–Crippen MR) is 109 cm³/mol. The van der Waals surface area contributed by atoms with Crippen molar-refractivity contribution >= 4 is 52.0 Å². The number of fused-ring (bicyclic) bond motifs is 1. The van der Waals surface area contributed by atoms with Crippen LogP contribution in [0.25, 0.3) is 0 Å². The quantitative estimate of drug-likeness (QED) is 0.646. The Morgan fingerprint density at radius 1 is 1.37 bits per heavy atom. The number of carbonyl (C=O) groups is 2. The summed E-state index contributed by atoms with van der Waals surface area (Å²) in [4.78, 5) is 31.7. The smallest absolute Gasteiger partial charge is 0.338 e. The lowest BCUT2D eigenvalue weighted by molar-refractivity contribution is -0.141. The van der Waals surface area contributed by atoms with Crippen LogP contribution in [0.1, 0.15) is 39.3 Å². The first-order valence-corrected chi connectivity index (χ1v) is 10.3. The lowest BCUT2D eigenvalue weighted by Gasteiger charge is -2.33. The van der Waals surface area contributed by atoms with Gasteiger partial charge in [-0.15, -0.1) is 0 Å². The maximum absolute atomic E-state index is 12.9. The first kappa shape index (κ1) is 20.2. The average molecular weight is 427 g/mol. The molecule has 0 bridgehead atoms. The summed E-state index contributed by atoms with van der Waals surface area (Å²) in [6.07, 6.45) is 0. The lowest BCUT2D eigenvalue weighted by Crippen LogP contribution is -2.40. The summed E-state index contributed by atoms with van der Waals surface area (Å²) >= 11 is 13.8. The van der Waals surface area contributed by atoms with Crippen molar-refractivity contribution < 1.29 is 14.3 Å². The fourth-order valence-corrected chi connectivity index (χ4v) is 4.54. The average Bonchev–Trinajstić information content (AvgIpc) is 2.86. The number of carbonyl (C=O) groups excluding carboxylic acids is 2. The Bertz CT molecular complexity index is 867. The molecule has 2 aliphatic rings. The van der Waals surface area contributed by atoms with Gasteiger partial charge in [-0.05, 0) is 37.5 Å². The van der Waals surface area contributed by atoms with E-state index in [-0.39, 0.29) is 23.7 Å². The summed E-state index contributed by atoms with van der Waals surface area (Å²) < 4.78 is 5.46. The first-order chi connectivity index (χ1) is 12.7. The number of thioether (sulfide) groups is 1. The molecule has 0 N–H and O–H groups in total. The SMILES string of the molecule is CC1=C(C(=O)OCC(C)C)[C@H](c2ccc(Cl)cc2Cl)N2C(=O)[C@H](C)SC2=N1. The molecule has 8 heteroatoms. The summed E-state index contributed by atoms with van der Waals surface area (Å²) in [5.74, 6) is -0.409. The van der Waals surface area contributed by atoms with Gasteiger partial charge in [0, 0.05) is 10.0 Å². The monoisotopic (exact) mass is 426 g/mol. The number of nitrogens with zero attached hydrogens (tertiary/aromatic N) is 2. The van der Waals surface area contributed by atoms with Gasteiger partial charge in [-0.2, -0.15) is 0 Å². The number of aliphatic imine (C=N–C) groups is 1. The normalized spacial score (nSPS) is 22.3. The molecule has 0 unspecified atom stereocenters. The van der Waals surface area contributed by atoms with Gasteiger partial charge in [0.2, 0.25) is 5.91 Å². The molecule has 2 aliphatic heterocycles. The molecule has 0 aromatic heterocycles. The van der Waals surface area contributed by atoms with Gasteiger partial charge in [0.1, 0.15) is 0 Å². The highest BCUT2D eigenvalue weighted by molar-refractivity contribution is 8.15. The highest BCUT2D eigenvalue weighted by Crippen LogP contribution is 2.45. The molecule has 1 aromatic rings. The van der Waals surface area contributed by atoms with Gasteiger partial charge >= 0.3 is 5.97 Å². The van der Waals surface area contributed by atoms with Gasteiger partial charge in [-0.1, -0.05) is 54.9 Å². The van der Waals surface area contributed by atoms with Crippen LogP contribution in [-0.4, -0.2) is 33.8 Å². The molecule has 2 atom stereocenters. The summed E-state index contributed by atoms with van der Waals surface area (Å²) in [7, 11) is 0. The first-order valence-electron chi connectivity index (χ1n) is 8.62. The van der Waals surface area contributed by atoms with Gasteiger partial charge in [-0.3, -0.25) is 9.69 Å². The highest BCUT2D eigenvalue weighted by Gasteiger charge is 2.46. The van der Waals surface area contributed by atoms with E-state index >= 15 is 0 Å². The van der Waals surface area contributed by atoms with Crippen LogP contribution in [0.2, 0.25) is 10.0 Å². The molecule has 1 amide bonds. The number of hydrogen-bond donors (Lipinski definition) is 0. The summed E-state index contributed by atoms with van der Waals surface area (Å²) in [6, 6.07) is 4.35. The summed E-state index contributed by atoms with van der Waals surface area (Å²) in [6.45, 7) is 7.77. The van der Waals surface area contributed by atoms with E-state index in [2.05, 4.69) is 4.99 Å². The molecule has 3 rings (SSSR count). The summed E-state index contributed by atoms with van der Waals surface area (Å²) in [5, 5.41) is 1.15. The molecule has 0 spiro atoms. The molecule has 0 radical (unpaired) electrons. The van der Waals surface area contributed by atoms with Crippen LogP contribution in [0.5, 0.6) is 0 Å². The molecule has 0 saturated carbocycles. The second-order valence-electron chi connectivity index (χ2n) is 6.92. The van der Waals surface area contributed by atoms with Crippen LogP contribution < -0.4 is 0 Å². The van der Waals surface area contributed by atoms with Gasteiger partial charge in [0.25, 0.3) is 0 Å². The number of allylic oxidation sites excluding steroid dienone is 1. The second-order valence-corrected chi connectivity index (χ2v) is 9.07. The van der Waals surface area contributed by atoms with Crippen molar-refractivity contribution in [2.75, 3.05) is 6.61 Å². The minimum Gasteiger partial charge on any atom is -0.462 e. The van der Waals surface area contributed by atoms with Crippen LogP contribution in [0.3, 0.4) is 0 Å². The maximum atomic E-state index is 12.9. The number of esters is 1. The number of rotatable bonds is 4. The molecular formula is C19H20Cl2N2O3S. The Kier molecular flexibility index (Phi) is 5.89. The molecule has 1 saturated heterocycles. The van der Waals surface area contributed by atoms with Crippen molar-refractivity contribution in [2.24, 2.45) is 10.9 Å². The van der Waals surface area contributed by atoms with E-state index in [1.54, 1.807) is 30.0 Å². The van der Waals surface area contributed by atoms with Gasteiger partial charge in [0.15, 0.2) is 5.17 Å². The zero-order valence-corrected chi connectivity index (χ0v) is 17.8. The van der Waals surface area contributed by atoms with E-state index < -0.39 is 12.0 Å². The molecule has 5 nitrogen and oxygen atoms in total. The van der Waals surface area contributed by atoms with Crippen molar-refractivity contribution in [1.29, 1.82) is 0 Å². The Morgan fingerprint density at radius 3 is 2.70 bits per heavy atom. The van der Waals surface area contributed by atoms with Crippen LogP contribution in [-0.2, 0) is 14.3 Å². The molecule has 144 valence electrons. The topological polar surface area (TPSA) is 59.0 Å². The predicted octanol–water partition coefficient (Wildman–Crippen LogP) is 4.84. The fraction of sp³-hybridized carbons (Fsp3) is 0.421. The lowest BCUT2D eigenvalue weighted by atomic mass is 9.94. The van der Waals surface area contributed by atoms with E-state index in [1.807, 2.05) is 20.8 Å². The third-order valence-electron chi connectivity index (χ3n) is 4.28. The standard InChI is InChI=1S/C19H20Cl2N2O3S/c1-9(2)8-26-18(25)15-10(3)22-19-23(17(24)11(4)27-19)16(15)13-6-5-12(20)7-14(13)21/h5-7,9,11,16H,8H2,1-4H3/t11-,16-/m0/s1. The zero-order chi connectivity index (χ0) is 19.9. The van der Waals surface area contributed by atoms with E-state index in [0.717, 1.165) is 0 Å². The number of amidine groups is 1. The third kappa shape index (κ3) is 3.89. The van der Waals surface area contributed by atoms with Gasteiger partial charge in [-0.25, -0.2) is 9.79 Å². The van der Waals surface area contributed by atoms with Gasteiger partial charge < -0.3 is 4.74 Å². The minimum atomic E-state index is -0.688. The van der Waals surface area contributed by atoms with Gasteiger partial charge in [0.05, 0.1) is 29.2 Å². The van der Waals surface area contributed by atoms with E-state index in [1.165, 1.54) is 11.8 Å². The molecular weight excluding hydrogens is 407 g/mol. The van der Waals surface area contributed by atoms with Crippen LogP contribution in [0.4, 0.5) is 0 Å². The fourth-order valence-electron chi connectivity index (χ4n) is 3.00. The van der Waals surface area contributed by atoms with Crippen molar-refractivity contribution in [3.8, 4) is 0 Å². The van der Waals surface area contributed by atoms with E-state index in [4.69, 9.17) is 27.9 Å². The number of amides is 1. The molecule has 0 aliphatic carbocycles. The Morgan fingerprint density at radius 2 is 2.07 bits per heavy atom. The largest absolute Gasteiger partial charge is 0.462 e. The number of halogens is 2. The van der Waals surface area contributed by atoms with Crippen LogP contribution in [0.15, 0.2) is 34.5 Å². The highest BCUT2D eigenvalue weighted by atomic mass is 35.5. The maximum Gasteiger partial charge on any atom is 0.338 e. The third-order valence-corrected chi connectivity index (χ3v) is 5.90. The van der Waals surface area contributed by atoms with Crippen LogP contribution >= 0.6 is 35.0 Å². The Balaban J connectivity index is 2.12. The molecule has 1 aromatic carbocycles.